The smallest absolute Gasteiger partial charge is 0.135 e. The highest BCUT2D eigenvalue weighted by molar-refractivity contribution is 7.25. The molecule has 218 valence electrons. The molecule has 8 aromatic rings. The standard InChI is InChI=1S/C42H33NOS/c1-41(2)34-25-28(18-20-29(34)31-21-22-36-39(40(31)42(41,3)4)32-15-8-10-16-35(32)44-36)43(26-12-6-5-7-13-26)27-19-23-38-33(24-27)30-14-9-11-17-37(30)45-38/h5-25H,1-4H3. The molecule has 9 rings (SSSR count). The van der Waals surface area contributed by atoms with Crippen molar-refractivity contribution in [1.82, 2.24) is 0 Å². The molecule has 0 unspecified atom stereocenters. The molecule has 2 aromatic heterocycles. The summed E-state index contributed by atoms with van der Waals surface area (Å²) in [5.41, 5.74) is 10.4. The third-order valence-electron chi connectivity index (χ3n) is 10.6. The van der Waals surface area contributed by atoms with Crippen LogP contribution in [0.2, 0.25) is 0 Å². The molecule has 6 aromatic carbocycles. The van der Waals surface area contributed by atoms with E-state index in [0.717, 1.165) is 22.5 Å². The van der Waals surface area contributed by atoms with Crippen molar-refractivity contribution in [2.45, 2.75) is 38.5 Å². The van der Waals surface area contributed by atoms with Gasteiger partial charge >= 0.3 is 0 Å². The predicted molar refractivity (Wildman–Crippen MR) is 193 cm³/mol. The molecule has 2 nitrogen and oxygen atoms in total. The Labute approximate surface area is 267 Å². The van der Waals surface area contributed by atoms with Gasteiger partial charge in [0, 0.05) is 53.4 Å². The summed E-state index contributed by atoms with van der Waals surface area (Å²) >= 11 is 1.86. The maximum atomic E-state index is 6.36. The van der Waals surface area contributed by atoms with E-state index in [0.29, 0.717) is 0 Å². The Hall–Kier alpha value is -4.86. The van der Waals surface area contributed by atoms with Gasteiger partial charge in [0.15, 0.2) is 0 Å². The van der Waals surface area contributed by atoms with Crippen molar-refractivity contribution >= 4 is 70.5 Å². The van der Waals surface area contributed by atoms with Crippen LogP contribution in [-0.4, -0.2) is 0 Å². The molecular formula is C42H33NOS. The van der Waals surface area contributed by atoms with Crippen molar-refractivity contribution in [3.8, 4) is 11.1 Å². The number of rotatable bonds is 3. The van der Waals surface area contributed by atoms with Gasteiger partial charge in [-0.15, -0.1) is 11.3 Å². The first-order chi connectivity index (χ1) is 21.8. The van der Waals surface area contributed by atoms with Crippen LogP contribution in [0.3, 0.4) is 0 Å². The van der Waals surface area contributed by atoms with Gasteiger partial charge in [0.25, 0.3) is 0 Å². The summed E-state index contributed by atoms with van der Waals surface area (Å²) < 4.78 is 9.00. The topological polar surface area (TPSA) is 16.4 Å². The number of anilines is 3. The van der Waals surface area contributed by atoms with Crippen LogP contribution in [0, 0.1) is 0 Å². The Bertz CT molecular complexity index is 2440. The molecular weight excluding hydrogens is 567 g/mol. The first-order valence-electron chi connectivity index (χ1n) is 15.7. The Morgan fingerprint density at radius 2 is 1.18 bits per heavy atom. The minimum absolute atomic E-state index is 0.159. The van der Waals surface area contributed by atoms with Crippen LogP contribution >= 0.6 is 11.3 Å². The van der Waals surface area contributed by atoms with E-state index in [1.165, 1.54) is 58.9 Å². The first kappa shape index (κ1) is 26.5. The van der Waals surface area contributed by atoms with E-state index in [4.69, 9.17) is 4.42 Å². The van der Waals surface area contributed by atoms with Gasteiger partial charge in [-0.2, -0.15) is 0 Å². The SMILES string of the molecule is CC1(C)c2cc(N(c3ccccc3)c3ccc4sc5ccccc5c4c3)ccc2-c2ccc3oc4ccccc4c3c2C1(C)C. The molecule has 2 heterocycles. The van der Waals surface area contributed by atoms with Crippen molar-refractivity contribution in [2.24, 2.45) is 0 Å². The van der Waals surface area contributed by atoms with E-state index in [2.05, 4.69) is 160 Å². The minimum Gasteiger partial charge on any atom is -0.456 e. The number of hydrogen-bond acceptors (Lipinski definition) is 3. The van der Waals surface area contributed by atoms with Crippen LogP contribution in [0.15, 0.2) is 132 Å². The molecule has 3 heteroatoms. The van der Waals surface area contributed by atoms with E-state index in [1.807, 2.05) is 11.3 Å². The Morgan fingerprint density at radius 3 is 2.02 bits per heavy atom. The summed E-state index contributed by atoms with van der Waals surface area (Å²) in [6, 6.07) is 46.4. The van der Waals surface area contributed by atoms with E-state index in [9.17, 15) is 0 Å². The molecule has 0 atom stereocenters. The zero-order valence-corrected chi connectivity index (χ0v) is 26.7. The van der Waals surface area contributed by atoms with Crippen LogP contribution in [-0.2, 0) is 10.8 Å². The maximum absolute atomic E-state index is 6.36. The number of para-hydroxylation sites is 2. The predicted octanol–water partition coefficient (Wildman–Crippen LogP) is 12.7. The molecule has 0 spiro atoms. The molecule has 0 amide bonds. The maximum Gasteiger partial charge on any atom is 0.135 e. The zero-order valence-electron chi connectivity index (χ0n) is 25.9. The second kappa shape index (κ2) is 9.32. The highest BCUT2D eigenvalue weighted by atomic mass is 32.1. The summed E-state index contributed by atoms with van der Waals surface area (Å²) in [5.74, 6) is 0. The Morgan fingerprint density at radius 1 is 0.511 bits per heavy atom. The molecule has 45 heavy (non-hydrogen) atoms. The lowest BCUT2D eigenvalue weighted by Gasteiger charge is -2.49. The highest BCUT2D eigenvalue weighted by Gasteiger charge is 2.47. The van der Waals surface area contributed by atoms with Gasteiger partial charge in [-0.3, -0.25) is 0 Å². The lowest BCUT2D eigenvalue weighted by atomic mass is 9.55. The quantitative estimate of drug-likeness (QED) is 0.201. The molecule has 1 aliphatic rings. The van der Waals surface area contributed by atoms with E-state index < -0.39 is 0 Å². The molecule has 0 saturated carbocycles. The second-order valence-corrected chi connectivity index (χ2v) is 14.5. The summed E-state index contributed by atoms with van der Waals surface area (Å²) in [5, 5.41) is 5.06. The number of nitrogens with zero attached hydrogens (tertiary/aromatic N) is 1. The van der Waals surface area contributed by atoms with Crippen LogP contribution < -0.4 is 4.90 Å². The number of hydrogen-bond donors (Lipinski definition) is 0. The Balaban J connectivity index is 1.29. The molecule has 0 radical (unpaired) electrons. The summed E-state index contributed by atoms with van der Waals surface area (Å²) in [4.78, 5) is 2.41. The van der Waals surface area contributed by atoms with Gasteiger partial charge in [0.05, 0.1) is 0 Å². The number of fused-ring (bicyclic) bond motifs is 10. The molecule has 0 fully saturated rings. The third-order valence-corrected chi connectivity index (χ3v) is 11.7. The van der Waals surface area contributed by atoms with Gasteiger partial charge in [0.2, 0.25) is 0 Å². The van der Waals surface area contributed by atoms with Crippen LogP contribution in [0.5, 0.6) is 0 Å². The molecule has 0 saturated heterocycles. The lowest BCUT2D eigenvalue weighted by Crippen LogP contribution is -2.43. The van der Waals surface area contributed by atoms with E-state index in [-0.39, 0.29) is 10.8 Å². The molecule has 1 aliphatic carbocycles. The largest absolute Gasteiger partial charge is 0.456 e. The molecule has 0 N–H and O–H groups in total. The Kier molecular flexibility index (Phi) is 5.50. The van der Waals surface area contributed by atoms with Crippen LogP contribution in [0.1, 0.15) is 38.8 Å². The summed E-state index contributed by atoms with van der Waals surface area (Å²) in [6.07, 6.45) is 0. The number of benzene rings is 6. The van der Waals surface area contributed by atoms with E-state index in [1.54, 1.807) is 0 Å². The van der Waals surface area contributed by atoms with Gasteiger partial charge in [0.1, 0.15) is 11.2 Å². The van der Waals surface area contributed by atoms with Crippen molar-refractivity contribution in [3.63, 3.8) is 0 Å². The third kappa shape index (κ3) is 3.68. The number of furan rings is 1. The van der Waals surface area contributed by atoms with Gasteiger partial charge < -0.3 is 9.32 Å². The second-order valence-electron chi connectivity index (χ2n) is 13.4. The van der Waals surface area contributed by atoms with Gasteiger partial charge in [-0.25, -0.2) is 0 Å². The average molecular weight is 600 g/mol. The summed E-state index contributed by atoms with van der Waals surface area (Å²) in [6.45, 7) is 9.65. The zero-order chi connectivity index (χ0) is 30.5. The van der Waals surface area contributed by atoms with Crippen LogP contribution in [0.25, 0.3) is 53.2 Å². The normalized spacial score (nSPS) is 15.0. The fourth-order valence-electron chi connectivity index (χ4n) is 7.64. The van der Waals surface area contributed by atoms with Crippen molar-refractivity contribution in [2.75, 3.05) is 4.90 Å². The van der Waals surface area contributed by atoms with Crippen molar-refractivity contribution < 1.29 is 4.42 Å². The molecule has 0 bridgehead atoms. The van der Waals surface area contributed by atoms with E-state index >= 15 is 0 Å². The van der Waals surface area contributed by atoms with Crippen LogP contribution in [0.4, 0.5) is 17.1 Å². The summed E-state index contributed by atoms with van der Waals surface area (Å²) in [7, 11) is 0. The number of thiophene rings is 1. The fraction of sp³-hybridized carbons (Fsp3) is 0.143. The van der Waals surface area contributed by atoms with Crippen molar-refractivity contribution in [3.05, 3.63) is 139 Å². The highest BCUT2D eigenvalue weighted by Crippen LogP contribution is 2.57. The lowest BCUT2D eigenvalue weighted by molar-refractivity contribution is 0.301. The fourth-order valence-corrected chi connectivity index (χ4v) is 8.73. The minimum atomic E-state index is -0.161. The molecule has 0 aliphatic heterocycles. The van der Waals surface area contributed by atoms with Gasteiger partial charge in [-0.1, -0.05) is 94.4 Å². The average Bonchev–Trinajstić information content (AvgIpc) is 3.62. The van der Waals surface area contributed by atoms with Crippen molar-refractivity contribution in [1.29, 1.82) is 0 Å². The monoisotopic (exact) mass is 599 g/mol. The van der Waals surface area contributed by atoms with Gasteiger partial charge in [-0.05, 0) is 88.3 Å². The first-order valence-corrected chi connectivity index (χ1v) is 16.5.